The van der Waals surface area contributed by atoms with E-state index in [1.165, 1.54) is 5.56 Å². The van der Waals surface area contributed by atoms with Crippen LogP contribution < -0.4 is 10.2 Å². The first-order valence-electron chi connectivity index (χ1n) is 7.10. The van der Waals surface area contributed by atoms with Crippen LogP contribution in [-0.4, -0.2) is 18.1 Å². The first-order valence-corrected chi connectivity index (χ1v) is 7.89. The summed E-state index contributed by atoms with van der Waals surface area (Å²) in [6, 6.07) is 6.55. The van der Waals surface area contributed by atoms with Gasteiger partial charge in [0.25, 0.3) is 0 Å². The van der Waals surface area contributed by atoms with Crippen molar-refractivity contribution in [3.8, 4) is 0 Å². The molecule has 0 saturated carbocycles. The zero-order chi connectivity index (χ0) is 15.4. The summed E-state index contributed by atoms with van der Waals surface area (Å²) in [6.45, 7) is 7.73. The van der Waals surface area contributed by atoms with Crippen molar-refractivity contribution in [1.29, 1.82) is 0 Å². The molecule has 1 N–H and O–H groups in total. The van der Waals surface area contributed by atoms with E-state index in [2.05, 4.69) is 51.0 Å². The molecule has 5 heteroatoms. The van der Waals surface area contributed by atoms with Gasteiger partial charge in [0.1, 0.15) is 17.3 Å². The highest BCUT2D eigenvalue weighted by Crippen LogP contribution is 2.22. The van der Waals surface area contributed by atoms with Crippen LogP contribution in [0.5, 0.6) is 0 Å². The zero-order valence-corrected chi connectivity index (χ0v) is 14.6. The lowest BCUT2D eigenvalue weighted by Gasteiger charge is -2.21. The third-order valence-electron chi connectivity index (χ3n) is 3.16. The van der Waals surface area contributed by atoms with E-state index in [1.54, 1.807) is 0 Å². The molecule has 0 saturated heterocycles. The van der Waals surface area contributed by atoms with Gasteiger partial charge in [-0.1, -0.05) is 13.8 Å². The molecule has 114 valence electrons. The number of aryl methyl sites for hydroxylation is 1. The van der Waals surface area contributed by atoms with E-state index in [-0.39, 0.29) is 0 Å². The second-order valence-electron chi connectivity index (χ2n) is 5.54. The van der Waals surface area contributed by atoms with Gasteiger partial charge in [0.2, 0.25) is 0 Å². The van der Waals surface area contributed by atoms with Crippen LogP contribution in [0, 0.1) is 6.92 Å². The molecular formula is C16H22BrN3O. The molecule has 2 aromatic heterocycles. The molecule has 0 amide bonds. The van der Waals surface area contributed by atoms with E-state index in [1.807, 2.05) is 32.3 Å². The number of nitrogens with one attached hydrogen (secondary N) is 1. The predicted molar refractivity (Wildman–Crippen MR) is 89.5 cm³/mol. The van der Waals surface area contributed by atoms with Crippen LogP contribution in [0.2, 0.25) is 0 Å². The van der Waals surface area contributed by atoms with Crippen molar-refractivity contribution in [2.45, 2.75) is 39.9 Å². The summed E-state index contributed by atoms with van der Waals surface area (Å²) in [6.07, 6.45) is 1.83. The van der Waals surface area contributed by atoms with Crippen molar-refractivity contribution >= 4 is 21.7 Å². The summed E-state index contributed by atoms with van der Waals surface area (Å²) >= 11 is 3.50. The minimum Gasteiger partial charge on any atom is -0.464 e. The molecule has 0 bridgehead atoms. The predicted octanol–water partition coefficient (Wildman–Crippen LogP) is 3.88. The van der Waals surface area contributed by atoms with Gasteiger partial charge in [-0.05, 0) is 41.1 Å². The molecule has 0 aliphatic heterocycles. The minimum absolute atomic E-state index is 0.440. The Morgan fingerprint density at radius 2 is 2.14 bits per heavy atom. The third kappa shape index (κ3) is 4.58. The molecule has 4 nitrogen and oxygen atoms in total. The van der Waals surface area contributed by atoms with Gasteiger partial charge >= 0.3 is 0 Å². The van der Waals surface area contributed by atoms with Crippen molar-refractivity contribution in [2.75, 3.05) is 11.9 Å². The Bertz CT molecular complexity index is 595. The Morgan fingerprint density at radius 3 is 2.76 bits per heavy atom. The highest BCUT2D eigenvalue weighted by atomic mass is 79.9. The van der Waals surface area contributed by atoms with Crippen LogP contribution >= 0.6 is 15.9 Å². The average molecular weight is 352 g/mol. The minimum atomic E-state index is 0.440. The highest BCUT2D eigenvalue weighted by Gasteiger charge is 2.12. The number of hydrogen-bond acceptors (Lipinski definition) is 4. The summed E-state index contributed by atoms with van der Waals surface area (Å²) in [7, 11) is 2.03. The fourth-order valence-electron chi connectivity index (χ4n) is 2.14. The van der Waals surface area contributed by atoms with Crippen LogP contribution in [0.1, 0.15) is 30.9 Å². The number of halogens is 1. The Balaban J connectivity index is 2.16. The lowest BCUT2D eigenvalue weighted by Crippen LogP contribution is -2.25. The monoisotopic (exact) mass is 351 g/mol. The molecule has 0 fully saturated rings. The summed E-state index contributed by atoms with van der Waals surface area (Å²) in [5, 5.41) is 3.44. The third-order valence-corrected chi connectivity index (χ3v) is 3.59. The largest absolute Gasteiger partial charge is 0.464 e. The molecule has 0 atom stereocenters. The van der Waals surface area contributed by atoms with Crippen LogP contribution in [0.25, 0.3) is 0 Å². The number of rotatable bonds is 6. The molecule has 0 radical (unpaired) electrons. The average Bonchev–Trinajstić information content (AvgIpc) is 2.81. The second-order valence-corrected chi connectivity index (χ2v) is 6.46. The Hall–Kier alpha value is -1.33. The van der Waals surface area contributed by atoms with Gasteiger partial charge in [-0.3, -0.25) is 0 Å². The van der Waals surface area contributed by atoms with E-state index in [4.69, 9.17) is 4.42 Å². The first-order chi connectivity index (χ1) is 9.95. The molecule has 2 aromatic rings. The molecular weight excluding hydrogens is 330 g/mol. The Morgan fingerprint density at radius 1 is 1.38 bits per heavy atom. The number of anilines is 1. The fraction of sp³-hybridized carbons (Fsp3) is 0.438. The van der Waals surface area contributed by atoms with E-state index in [0.717, 1.165) is 28.4 Å². The Kier molecular flexibility index (Phi) is 5.42. The van der Waals surface area contributed by atoms with E-state index in [9.17, 15) is 0 Å². The van der Waals surface area contributed by atoms with E-state index >= 15 is 0 Å². The quantitative estimate of drug-likeness (QED) is 0.857. The number of nitrogens with zero attached hydrogens (tertiary/aromatic N) is 2. The maximum absolute atomic E-state index is 5.64. The van der Waals surface area contributed by atoms with Gasteiger partial charge < -0.3 is 14.6 Å². The second kappa shape index (κ2) is 7.09. The first kappa shape index (κ1) is 16.0. The standard InChI is InChI=1S/C16H22BrN3O/c1-11(2)18-8-13-7-14(17)9-19-16(13)20(4)10-15-6-5-12(3)21-15/h5-7,9,11,18H,8,10H2,1-4H3. The van der Waals surface area contributed by atoms with Gasteiger partial charge in [0.15, 0.2) is 0 Å². The Labute approximate surface area is 134 Å². The summed E-state index contributed by atoms with van der Waals surface area (Å²) < 4.78 is 6.64. The van der Waals surface area contributed by atoms with Crippen LogP contribution in [0.15, 0.2) is 33.3 Å². The van der Waals surface area contributed by atoms with E-state index in [0.29, 0.717) is 12.6 Å². The van der Waals surface area contributed by atoms with Crippen LogP contribution in [0.3, 0.4) is 0 Å². The highest BCUT2D eigenvalue weighted by molar-refractivity contribution is 9.10. The molecule has 0 aliphatic carbocycles. The lowest BCUT2D eigenvalue weighted by atomic mass is 10.2. The summed E-state index contributed by atoms with van der Waals surface area (Å²) in [5.74, 6) is 2.85. The van der Waals surface area contributed by atoms with Crippen molar-refractivity contribution < 1.29 is 4.42 Å². The number of hydrogen-bond donors (Lipinski definition) is 1. The fourth-order valence-corrected chi connectivity index (χ4v) is 2.52. The maximum Gasteiger partial charge on any atom is 0.133 e. The van der Waals surface area contributed by atoms with Gasteiger partial charge in [0.05, 0.1) is 6.54 Å². The normalized spacial score (nSPS) is 11.1. The van der Waals surface area contributed by atoms with Gasteiger partial charge in [-0.2, -0.15) is 0 Å². The van der Waals surface area contributed by atoms with Crippen molar-refractivity contribution in [1.82, 2.24) is 10.3 Å². The zero-order valence-electron chi connectivity index (χ0n) is 13.0. The van der Waals surface area contributed by atoms with Crippen LogP contribution in [-0.2, 0) is 13.1 Å². The maximum atomic E-state index is 5.64. The lowest BCUT2D eigenvalue weighted by molar-refractivity contribution is 0.481. The number of furan rings is 1. The molecule has 0 unspecified atom stereocenters. The molecule has 0 aliphatic rings. The van der Waals surface area contributed by atoms with Gasteiger partial charge in [-0.25, -0.2) is 4.98 Å². The topological polar surface area (TPSA) is 41.3 Å². The summed E-state index contributed by atoms with van der Waals surface area (Å²) in [5.41, 5.74) is 1.17. The van der Waals surface area contributed by atoms with Crippen LogP contribution in [0.4, 0.5) is 5.82 Å². The number of aromatic nitrogens is 1. The van der Waals surface area contributed by atoms with Crippen molar-refractivity contribution in [2.24, 2.45) is 0 Å². The summed E-state index contributed by atoms with van der Waals surface area (Å²) in [4.78, 5) is 6.67. The van der Waals surface area contributed by atoms with E-state index < -0.39 is 0 Å². The molecule has 21 heavy (non-hydrogen) atoms. The molecule has 2 heterocycles. The van der Waals surface area contributed by atoms with Gasteiger partial charge in [-0.15, -0.1) is 0 Å². The van der Waals surface area contributed by atoms with Crippen molar-refractivity contribution in [3.63, 3.8) is 0 Å². The van der Waals surface area contributed by atoms with Crippen molar-refractivity contribution in [3.05, 3.63) is 46.0 Å². The molecule has 2 rings (SSSR count). The molecule has 0 aromatic carbocycles. The smallest absolute Gasteiger partial charge is 0.133 e. The molecule has 0 spiro atoms. The SMILES string of the molecule is Cc1ccc(CN(C)c2ncc(Br)cc2CNC(C)C)o1. The number of pyridine rings is 1. The van der Waals surface area contributed by atoms with Gasteiger partial charge in [0, 0.05) is 35.9 Å².